The maximum atomic E-state index is 5.84. The molecular weight excluding hydrogens is 222 g/mol. The summed E-state index contributed by atoms with van der Waals surface area (Å²) in [5.74, 6) is 0.985. The third kappa shape index (κ3) is 5.87. The normalized spacial score (nSPS) is 12.1. The SMILES string of the molecule is C=CCCCCCOc1ccccc1CC(C)N. The number of hydrogen-bond acceptors (Lipinski definition) is 2. The molecule has 0 fully saturated rings. The smallest absolute Gasteiger partial charge is 0.122 e. The number of ether oxygens (including phenoxy) is 1. The number of nitrogens with two attached hydrogens (primary N) is 1. The highest BCUT2D eigenvalue weighted by atomic mass is 16.5. The number of unbranched alkanes of at least 4 members (excludes halogenated alkanes) is 3. The van der Waals surface area contributed by atoms with Gasteiger partial charge in [0.2, 0.25) is 0 Å². The van der Waals surface area contributed by atoms with Gasteiger partial charge in [0.15, 0.2) is 0 Å². The van der Waals surface area contributed by atoms with Gasteiger partial charge in [-0.1, -0.05) is 24.3 Å². The van der Waals surface area contributed by atoms with Crippen molar-refractivity contribution in [2.45, 2.75) is 45.1 Å². The Morgan fingerprint density at radius 3 is 2.78 bits per heavy atom. The van der Waals surface area contributed by atoms with Crippen LogP contribution in [0.1, 0.15) is 38.2 Å². The fourth-order valence-corrected chi connectivity index (χ4v) is 1.91. The first-order valence-electron chi connectivity index (χ1n) is 6.81. The van der Waals surface area contributed by atoms with Crippen molar-refractivity contribution in [3.8, 4) is 5.75 Å². The Labute approximate surface area is 111 Å². The molecule has 0 aliphatic carbocycles. The van der Waals surface area contributed by atoms with Crippen molar-refractivity contribution >= 4 is 0 Å². The first kappa shape index (κ1) is 14.8. The van der Waals surface area contributed by atoms with Gasteiger partial charge in [0.25, 0.3) is 0 Å². The molecule has 2 nitrogen and oxygen atoms in total. The lowest BCUT2D eigenvalue weighted by Gasteiger charge is -2.12. The zero-order chi connectivity index (χ0) is 13.2. The van der Waals surface area contributed by atoms with Gasteiger partial charge in [-0.15, -0.1) is 6.58 Å². The van der Waals surface area contributed by atoms with Crippen molar-refractivity contribution in [2.75, 3.05) is 6.61 Å². The molecule has 0 saturated carbocycles. The van der Waals surface area contributed by atoms with E-state index in [0.717, 1.165) is 31.6 Å². The van der Waals surface area contributed by atoms with Gasteiger partial charge in [0.05, 0.1) is 6.61 Å². The van der Waals surface area contributed by atoms with E-state index in [4.69, 9.17) is 10.5 Å². The molecule has 1 rings (SSSR count). The van der Waals surface area contributed by atoms with E-state index < -0.39 is 0 Å². The van der Waals surface area contributed by atoms with Crippen LogP contribution >= 0.6 is 0 Å². The minimum absolute atomic E-state index is 0.169. The molecule has 2 heteroatoms. The molecule has 18 heavy (non-hydrogen) atoms. The van der Waals surface area contributed by atoms with E-state index >= 15 is 0 Å². The topological polar surface area (TPSA) is 35.2 Å². The molecule has 0 aromatic heterocycles. The van der Waals surface area contributed by atoms with Crippen molar-refractivity contribution < 1.29 is 4.74 Å². The van der Waals surface area contributed by atoms with E-state index in [2.05, 4.69) is 12.6 Å². The van der Waals surface area contributed by atoms with Crippen LogP contribution < -0.4 is 10.5 Å². The lowest BCUT2D eigenvalue weighted by molar-refractivity contribution is 0.302. The highest BCUT2D eigenvalue weighted by molar-refractivity contribution is 5.33. The molecule has 100 valence electrons. The molecule has 0 radical (unpaired) electrons. The van der Waals surface area contributed by atoms with Crippen LogP contribution in [0, 0.1) is 0 Å². The van der Waals surface area contributed by atoms with E-state index in [1.54, 1.807) is 0 Å². The van der Waals surface area contributed by atoms with E-state index in [9.17, 15) is 0 Å². The molecular formula is C16H25NO. The molecule has 2 N–H and O–H groups in total. The van der Waals surface area contributed by atoms with Gasteiger partial charge in [-0.05, 0) is 50.7 Å². The molecule has 1 unspecified atom stereocenters. The van der Waals surface area contributed by atoms with E-state index in [0.29, 0.717) is 0 Å². The van der Waals surface area contributed by atoms with Crippen molar-refractivity contribution in [1.29, 1.82) is 0 Å². The zero-order valence-electron chi connectivity index (χ0n) is 11.4. The number of benzene rings is 1. The van der Waals surface area contributed by atoms with Gasteiger partial charge in [0.1, 0.15) is 5.75 Å². The molecule has 1 atom stereocenters. The third-order valence-electron chi connectivity index (χ3n) is 2.82. The second-order valence-corrected chi connectivity index (χ2v) is 4.78. The van der Waals surface area contributed by atoms with Crippen LogP contribution in [0.2, 0.25) is 0 Å². The lowest BCUT2D eigenvalue weighted by atomic mass is 10.1. The number of hydrogen-bond donors (Lipinski definition) is 1. The van der Waals surface area contributed by atoms with E-state index in [-0.39, 0.29) is 6.04 Å². The lowest BCUT2D eigenvalue weighted by Crippen LogP contribution is -2.18. The number of para-hydroxylation sites is 1. The van der Waals surface area contributed by atoms with Crippen LogP contribution in [0.4, 0.5) is 0 Å². The van der Waals surface area contributed by atoms with Crippen LogP contribution in [0.15, 0.2) is 36.9 Å². The van der Waals surface area contributed by atoms with Crippen molar-refractivity contribution in [3.63, 3.8) is 0 Å². The van der Waals surface area contributed by atoms with Gasteiger partial charge in [-0.25, -0.2) is 0 Å². The van der Waals surface area contributed by atoms with Crippen LogP contribution in [0.3, 0.4) is 0 Å². The molecule has 0 saturated heterocycles. The Bertz CT molecular complexity index is 347. The standard InChI is InChI=1S/C16H25NO/c1-3-4-5-6-9-12-18-16-11-8-7-10-15(16)13-14(2)17/h3,7-8,10-11,14H,1,4-6,9,12-13,17H2,2H3. The maximum absolute atomic E-state index is 5.84. The van der Waals surface area contributed by atoms with Crippen molar-refractivity contribution in [1.82, 2.24) is 0 Å². The highest BCUT2D eigenvalue weighted by Crippen LogP contribution is 2.19. The summed E-state index contributed by atoms with van der Waals surface area (Å²) in [5, 5.41) is 0. The average molecular weight is 247 g/mol. The summed E-state index contributed by atoms with van der Waals surface area (Å²) in [6, 6.07) is 8.34. The fourth-order valence-electron chi connectivity index (χ4n) is 1.91. The quantitative estimate of drug-likeness (QED) is 0.533. The molecule has 0 aliphatic heterocycles. The van der Waals surface area contributed by atoms with Gasteiger partial charge in [-0.2, -0.15) is 0 Å². The van der Waals surface area contributed by atoms with Crippen molar-refractivity contribution in [2.24, 2.45) is 5.73 Å². The maximum Gasteiger partial charge on any atom is 0.122 e. The Morgan fingerprint density at radius 1 is 1.28 bits per heavy atom. The van der Waals surface area contributed by atoms with Crippen LogP contribution in [-0.2, 0) is 6.42 Å². The Hall–Kier alpha value is -1.28. The van der Waals surface area contributed by atoms with Crippen LogP contribution in [0.5, 0.6) is 5.75 Å². The summed E-state index contributed by atoms with van der Waals surface area (Å²) in [5.41, 5.74) is 7.05. The molecule has 1 aromatic rings. The van der Waals surface area contributed by atoms with E-state index in [1.807, 2.05) is 31.2 Å². The van der Waals surface area contributed by atoms with Gasteiger partial charge >= 0.3 is 0 Å². The largest absolute Gasteiger partial charge is 0.493 e. The molecule has 0 spiro atoms. The zero-order valence-corrected chi connectivity index (χ0v) is 11.4. The predicted octanol–water partition coefficient (Wildman–Crippen LogP) is 3.70. The fraction of sp³-hybridized carbons (Fsp3) is 0.500. The second kappa shape index (κ2) is 8.76. The molecule has 0 bridgehead atoms. The van der Waals surface area contributed by atoms with Crippen LogP contribution in [0.25, 0.3) is 0 Å². The number of allylic oxidation sites excluding steroid dienone is 1. The first-order valence-corrected chi connectivity index (χ1v) is 6.81. The van der Waals surface area contributed by atoms with E-state index in [1.165, 1.54) is 18.4 Å². The predicted molar refractivity (Wildman–Crippen MR) is 78.0 cm³/mol. The highest BCUT2D eigenvalue weighted by Gasteiger charge is 2.04. The van der Waals surface area contributed by atoms with Crippen molar-refractivity contribution in [3.05, 3.63) is 42.5 Å². The Kier molecular flexibility index (Phi) is 7.19. The second-order valence-electron chi connectivity index (χ2n) is 4.78. The molecule has 0 heterocycles. The van der Waals surface area contributed by atoms with Gasteiger partial charge in [0, 0.05) is 6.04 Å². The summed E-state index contributed by atoms with van der Waals surface area (Å²) in [6.45, 7) is 6.53. The third-order valence-corrected chi connectivity index (χ3v) is 2.82. The summed E-state index contributed by atoms with van der Waals surface area (Å²) < 4.78 is 5.84. The minimum atomic E-state index is 0.169. The number of rotatable bonds is 9. The van der Waals surface area contributed by atoms with Gasteiger partial charge < -0.3 is 10.5 Å². The monoisotopic (exact) mass is 247 g/mol. The molecule has 0 amide bonds. The molecule has 0 aliphatic rings. The summed E-state index contributed by atoms with van der Waals surface area (Å²) in [4.78, 5) is 0. The summed E-state index contributed by atoms with van der Waals surface area (Å²) in [6.07, 6.45) is 7.43. The minimum Gasteiger partial charge on any atom is -0.493 e. The van der Waals surface area contributed by atoms with Crippen LogP contribution in [-0.4, -0.2) is 12.6 Å². The first-order chi connectivity index (χ1) is 8.74. The van der Waals surface area contributed by atoms with Gasteiger partial charge in [-0.3, -0.25) is 0 Å². The Morgan fingerprint density at radius 2 is 2.06 bits per heavy atom. The summed E-state index contributed by atoms with van der Waals surface area (Å²) >= 11 is 0. The molecule has 1 aromatic carbocycles. The Balaban J connectivity index is 2.34. The average Bonchev–Trinajstić information content (AvgIpc) is 2.35. The summed E-state index contributed by atoms with van der Waals surface area (Å²) in [7, 11) is 0.